The first-order chi connectivity index (χ1) is 15.7. The third-order valence-corrected chi connectivity index (χ3v) is 10.8. The monoisotopic (exact) mass is 672 g/mol. The Labute approximate surface area is 256 Å². The second-order valence-corrected chi connectivity index (χ2v) is 12.7. The molecule has 11 heterocycles. The van der Waals surface area contributed by atoms with Crippen molar-refractivity contribution in [1.29, 1.82) is 0 Å². The second-order valence-electron chi connectivity index (χ2n) is 12.7. The van der Waals surface area contributed by atoms with Gasteiger partial charge in [-0.3, -0.25) is 8.97 Å². The molecule has 36 heavy (non-hydrogen) atoms. The van der Waals surface area contributed by atoms with Crippen LogP contribution in [0.4, 0.5) is 0 Å². The third kappa shape index (κ3) is 8.47. The Balaban J connectivity index is 0.00000162. The van der Waals surface area contributed by atoms with Crippen LogP contribution in [0.25, 0.3) is 0 Å². The van der Waals surface area contributed by atoms with Crippen LogP contribution in [0, 0.1) is 11.8 Å². The number of piperazine rings is 6. The van der Waals surface area contributed by atoms with E-state index in [9.17, 15) is 0 Å². The SMILES string of the molecule is C1#CC[N+]23CC[N+](CCCCCCCCCCCC[N+]45CC[N+](C1)(CC4)CC5)(CC2)CC3.[Br-].[Br-].[Cl-].[Cl-]. The Bertz CT molecular complexity index is 606. The summed E-state index contributed by atoms with van der Waals surface area (Å²) in [6.45, 7) is 22.2. The number of hydrogen-bond acceptors (Lipinski definition) is 0. The van der Waals surface area contributed by atoms with E-state index in [0.717, 1.165) is 13.1 Å². The molecule has 4 bridgehead atoms. The average molecular weight is 675 g/mol. The number of rotatable bonds is 0. The summed E-state index contributed by atoms with van der Waals surface area (Å²) >= 11 is 0. The summed E-state index contributed by atoms with van der Waals surface area (Å²) in [4.78, 5) is 0. The van der Waals surface area contributed by atoms with Crippen molar-refractivity contribution in [3.63, 3.8) is 0 Å². The van der Waals surface area contributed by atoms with E-state index in [2.05, 4.69) is 11.8 Å². The smallest absolute Gasteiger partial charge is 0.141 e. The maximum Gasteiger partial charge on any atom is 0.141 e. The highest BCUT2D eigenvalue weighted by molar-refractivity contribution is 5.00. The average Bonchev–Trinajstić information content (AvgIpc) is 2.85. The fourth-order valence-electron chi connectivity index (χ4n) is 7.79. The van der Waals surface area contributed by atoms with E-state index in [1.807, 2.05) is 0 Å². The third-order valence-electron chi connectivity index (χ3n) is 10.8. The molecule has 0 aromatic rings. The van der Waals surface area contributed by atoms with E-state index in [4.69, 9.17) is 0 Å². The van der Waals surface area contributed by atoms with Crippen molar-refractivity contribution in [2.45, 2.75) is 64.2 Å². The van der Waals surface area contributed by atoms with Gasteiger partial charge in [0.05, 0.1) is 13.1 Å². The molecule has 0 aromatic carbocycles. The fourth-order valence-corrected chi connectivity index (χ4v) is 7.79. The molecule has 0 N–H and O–H groups in total. The van der Waals surface area contributed by atoms with Crippen molar-refractivity contribution in [3.05, 3.63) is 0 Å². The predicted molar refractivity (Wildman–Crippen MR) is 133 cm³/mol. The molecular weight excluding hydrogens is 623 g/mol. The number of quaternary nitrogens is 4. The van der Waals surface area contributed by atoms with Gasteiger partial charge in [0.15, 0.2) is 0 Å². The van der Waals surface area contributed by atoms with Gasteiger partial charge in [0.25, 0.3) is 0 Å². The van der Waals surface area contributed by atoms with Crippen molar-refractivity contribution in [2.24, 2.45) is 0 Å². The van der Waals surface area contributed by atoms with Crippen LogP contribution in [0.1, 0.15) is 64.2 Å². The summed E-state index contributed by atoms with van der Waals surface area (Å²) in [6.07, 6.45) is 14.8. The van der Waals surface area contributed by atoms with Gasteiger partial charge in [0.2, 0.25) is 0 Å². The van der Waals surface area contributed by atoms with Crippen LogP contribution in [0.3, 0.4) is 0 Å². The van der Waals surface area contributed by atoms with Gasteiger partial charge in [0, 0.05) is 0 Å². The quantitative estimate of drug-likeness (QED) is 0.177. The van der Waals surface area contributed by atoms with Gasteiger partial charge in [0.1, 0.15) is 91.6 Å². The Kier molecular flexibility index (Phi) is 15.2. The molecule has 11 rings (SSSR count). The normalized spacial score (nSPS) is 39.1. The summed E-state index contributed by atoms with van der Waals surface area (Å²) in [5, 5.41) is 0. The Morgan fingerprint density at radius 3 is 0.778 bits per heavy atom. The molecule has 0 amide bonds. The minimum absolute atomic E-state index is 0. The predicted octanol–water partition coefficient (Wildman–Crippen LogP) is -8.76. The van der Waals surface area contributed by atoms with Crippen LogP contribution in [0.5, 0.6) is 0 Å². The molecule has 0 saturated carbocycles. The fraction of sp³-hybridized carbons (Fsp3) is 0.929. The van der Waals surface area contributed by atoms with Crippen molar-refractivity contribution in [3.8, 4) is 11.8 Å². The molecule has 8 heteroatoms. The van der Waals surface area contributed by atoms with E-state index in [-0.39, 0.29) is 58.8 Å². The molecule has 0 aliphatic carbocycles. The maximum atomic E-state index is 3.73. The molecule has 11 aliphatic rings. The highest BCUT2D eigenvalue weighted by Gasteiger charge is 2.49. The molecule has 212 valence electrons. The van der Waals surface area contributed by atoms with Crippen LogP contribution in [-0.2, 0) is 0 Å². The van der Waals surface area contributed by atoms with Crippen LogP contribution in [0.15, 0.2) is 0 Å². The lowest BCUT2D eigenvalue weighted by molar-refractivity contribution is -1.08. The molecule has 6 saturated heterocycles. The molecule has 6 fully saturated rings. The zero-order chi connectivity index (χ0) is 21.8. The summed E-state index contributed by atoms with van der Waals surface area (Å²) in [7, 11) is 0. The first-order valence-corrected chi connectivity index (χ1v) is 14.5. The number of nitrogens with zero attached hydrogens (tertiary/aromatic N) is 4. The molecule has 0 atom stereocenters. The van der Waals surface area contributed by atoms with Crippen molar-refractivity contribution in [1.82, 2.24) is 0 Å². The van der Waals surface area contributed by atoms with Gasteiger partial charge < -0.3 is 67.7 Å². The molecular formula is C28H52Br2Cl2N4. The van der Waals surface area contributed by atoms with E-state index in [1.165, 1.54) is 174 Å². The van der Waals surface area contributed by atoms with Gasteiger partial charge in [-0.1, -0.05) is 38.5 Å². The standard InChI is InChI=1S/C28H52N4.2BrH.2ClH/c1-2-4-6-8-10-14-30-20-26-32(27-21-30,28-22-30)16-12-11-15-31-23-17-29(18-24-31,19-25-31)13-9-7-5-3-1;;;;/h1-10,13-28H2;4*1H/q+4;;;;/p-4. The van der Waals surface area contributed by atoms with Crippen molar-refractivity contribution >= 4 is 0 Å². The maximum absolute atomic E-state index is 3.73. The van der Waals surface area contributed by atoms with Crippen molar-refractivity contribution < 1.29 is 76.7 Å². The van der Waals surface area contributed by atoms with E-state index >= 15 is 0 Å². The Morgan fingerprint density at radius 1 is 0.278 bits per heavy atom. The van der Waals surface area contributed by atoms with Crippen molar-refractivity contribution in [2.75, 3.05) is 105 Å². The zero-order valence-electron chi connectivity index (χ0n) is 22.7. The lowest BCUT2D eigenvalue weighted by atomic mass is 10.0. The molecule has 0 unspecified atom stereocenters. The first-order valence-electron chi connectivity index (χ1n) is 14.5. The lowest BCUT2D eigenvalue weighted by Gasteiger charge is -2.55. The molecule has 0 aromatic heterocycles. The molecule has 0 spiro atoms. The summed E-state index contributed by atoms with van der Waals surface area (Å²) < 4.78 is 5.56. The summed E-state index contributed by atoms with van der Waals surface area (Å²) in [5.41, 5.74) is 0. The van der Waals surface area contributed by atoms with Gasteiger partial charge in [-0.05, 0) is 37.5 Å². The molecule has 4 nitrogen and oxygen atoms in total. The van der Waals surface area contributed by atoms with Crippen LogP contribution >= 0.6 is 0 Å². The Hall–Kier alpha value is 0.940. The van der Waals surface area contributed by atoms with E-state index in [0.29, 0.717) is 0 Å². The van der Waals surface area contributed by atoms with Crippen LogP contribution in [-0.4, -0.2) is 123 Å². The molecule has 11 aliphatic heterocycles. The van der Waals surface area contributed by atoms with Crippen LogP contribution in [0.2, 0.25) is 0 Å². The number of halogens is 4. The minimum atomic E-state index is 0. The Morgan fingerprint density at radius 2 is 0.500 bits per heavy atom. The van der Waals surface area contributed by atoms with Gasteiger partial charge in [-0.25, -0.2) is 0 Å². The van der Waals surface area contributed by atoms with Gasteiger partial charge >= 0.3 is 0 Å². The zero-order valence-corrected chi connectivity index (χ0v) is 27.4. The van der Waals surface area contributed by atoms with E-state index < -0.39 is 0 Å². The second kappa shape index (κ2) is 15.7. The number of hydrogen-bond donors (Lipinski definition) is 0. The summed E-state index contributed by atoms with van der Waals surface area (Å²) in [5.74, 6) is 7.45. The highest BCUT2D eigenvalue weighted by Crippen LogP contribution is 2.29. The van der Waals surface area contributed by atoms with E-state index in [1.54, 1.807) is 0 Å². The molecule has 0 radical (unpaired) electrons. The minimum Gasteiger partial charge on any atom is -1.00 e. The largest absolute Gasteiger partial charge is 1.00 e. The highest BCUT2D eigenvalue weighted by atomic mass is 79.9. The lowest BCUT2D eigenvalue weighted by Crippen LogP contribution is -3.00. The van der Waals surface area contributed by atoms with Gasteiger partial charge in [-0.2, -0.15) is 0 Å². The topological polar surface area (TPSA) is 0 Å². The summed E-state index contributed by atoms with van der Waals surface area (Å²) in [6, 6.07) is 0. The van der Waals surface area contributed by atoms with Crippen LogP contribution < -0.4 is 58.8 Å². The van der Waals surface area contributed by atoms with Gasteiger partial charge in [-0.15, -0.1) is 0 Å². The first kappa shape index (κ1) is 35.0.